The van der Waals surface area contributed by atoms with E-state index in [1.165, 1.54) is 11.8 Å². The van der Waals surface area contributed by atoms with Gasteiger partial charge in [0, 0.05) is 6.54 Å². The van der Waals surface area contributed by atoms with Crippen molar-refractivity contribution >= 4 is 17.7 Å². The molecule has 0 atom stereocenters. The number of hydrogen-bond acceptors (Lipinski definition) is 6. The summed E-state index contributed by atoms with van der Waals surface area (Å²) in [5.41, 5.74) is 0. The molecule has 15 heavy (non-hydrogen) atoms. The van der Waals surface area contributed by atoms with Gasteiger partial charge in [-0.1, -0.05) is 5.16 Å². The first-order chi connectivity index (χ1) is 7.27. The summed E-state index contributed by atoms with van der Waals surface area (Å²) in [4.78, 5) is 15.1. The number of rotatable bonds is 5. The molecule has 0 fully saturated rings. The minimum absolute atomic E-state index is 0.0319. The number of thioether (sulfide) groups is 1. The molecule has 0 aliphatic carbocycles. The van der Waals surface area contributed by atoms with Crippen molar-refractivity contribution in [1.29, 1.82) is 5.26 Å². The average Bonchev–Trinajstić information content (AvgIpc) is 2.67. The summed E-state index contributed by atoms with van der Waals surface area (Å²) in [6.45, 7) is 2.33. The summed E-state index contributed by atoms with van der Waals surface area (Å²) in [5, 5.41) is 14.4. The van der Waals surface area contributed by atoms with Crippen LogP contribution in [0.1, 0.15) is 23.4 Å². The molecule has 1 amide bonds. The van der Waals surface area contributed by atoms with Crippen molar-refractivity contribution in [2.45, 2.75) is 12.7 Å². The number of nitrogens with one attached hydrogen (secondary N) is 1. The molecule has 0 saturated heterocycles. The van der Waals surface area contributed by atoms with E-state index in [1.54, 1.807) is 0 Å². The summed E-state index contributed by atoms with van der Waals surface area (Å²) in [5.74, 6) is 0.845. The zero-order valence-electron chi connectivity index (χ0n) is 8.19. The van der Waals surface area contributed by atoms with E-state index >= 15 is 0 Å². The van der Waals surface area contributed by atoms with Crippen molar-refractivity contribution in [2.24, 2.45) is 0 Å². The second-order valence-corrected chi connectivity index (χ2v) is 3.51. The van der Waals surface area contributed by atoms with Crippen LogP contribution in [0.3, 0.4) is 0 Å². The van der Waals surface area contributed by atoms with Crippen LogP contribution in [0.25, 0.3) is 0 Å². The Kier molecular flexibility index (Phi) is 4.63. The van der Waals surface area contributed by atoms with Gasteiger partial charge in [-0.2, -0.15) is 10.2 Å². The van der Waals surface area contributed by atoms with E-state index in [9.17, 15) is 4.79 Å². The fourth-order valence-electron chi connectivity index (χ4n) is 0.829. The summed E-state index contributed by atoms with van der Waals surface area (Å²) >= 11 is 1.36. The first kappa shape index (κ1) is 11.5. The number of nitriles is 1. The number of amides is 1. The molecule has 6 nitrogen and oxygen atoms in total. The van der Waals surface area contributed by atoms with E-state index in [2.05, 4.69) is 15.5 Å². The van der Waals surface area contributed by atoms with Gasteiger partial charge in [0.15, 0.2) is 0 Å². The fraction of sp³-hybridized carbons (Fsp3) is 0.500. The van der Waals surface area contributed by atoms with Gasteiger partial charge in [-0.3, -0.25) is 4.79 Å². The van der Waals surface area contributed by atoms with Crippen LogP contribution in [-0.4, -0.2) is 28.3 Å². The zero-order valence-corrected chi connectivity index (χ0v) is 9.00. The molecule has 0 radical (unpaired) electrons. The Morgan fingerprint density at radius 2 is 2.53 bits per heavy atom. The third-order valence-corrected chi connectivity index (χ3v) is 2.18. The Labute approximate surface area is 91.0 Å². The monoisotopic (exact) mass is 226 g/mol. The van der Waals surface area contributed by atoms with Crippen molar-refractivity contribution in [1.82, 2.24) is 15.5 Å². The number of nitrogens with zero attached hydrogens (tertiary/aromatic N) is 3. The van der Waals surface area contributed by atoms with Crippen LogP contribution in [0.5, 0.6) is 0 Å². The highest BCUT2D eigenvalue weighted by atomic mass is 32.2. The fourth-order valence-corrected chi connectivity index (χ4v) is 1.31. The highest BCUT2D eigenvalue weighted by Crippen LogP contribution is 2.09. The van der Waals surface area contributed by atoms with Crippen molar-refractivity contribution in [3.8, 4) is 6.07 Å². The van der Waals surface area contributed by atoms with Gasteiger partial charge in [0.25, 0.3) is 11.7 Å². The molecule has 0 saturated carbocycles. The SMILES string of the molecule is CCNC(=O)c1noc(CSCC#N)n1. The van der Waals surface area contributed by atoms with Gasteiger partial charge in [0.1, 0.15) is 0 Å². The normalized spacial score (nSPS) is 9.60. The third-order valence-electron chi connectivity index (χ3n) is 1.40. The Balaban J connectivity index is 2.49. The molecule has 80 valence electrons. The molecule has 1 aromatic heterocycles. The second kappa shape index (κ2) is 6.03. The predicted octanol–water partition coefficient (Wildman–Crippen LogP) is 0.576. The third kappa shape index (κ3) is 3.59. The molecule has 0 spiro atoms. The highest BCUT2D eigenvalue weighted by Gasteiger charge is 2.12. The number of carbonyl (C=O) groups excluding carboxylic acids is 1. The molecule has 1 heterocycles. The molecule has 0 aromatic carbocycles. The van der Waals surface area contributed by atoms with Crippen molar-refractivity contribution in [3.63, 3.8) is 0 Å². The first-order valence-electron chi connectivity index (χ1n) is 4.33. The molecule has 7 heteroatoms. The summed E-state index contributed by atoms with van der Waals surface area (Å²) in [6, 6.07) is 1.98. The summed E-state index contributed by atoms with van der Waals surface area (Å²) in [7, 11) is 0. The highest BCUT2D eigenvalue weighted by molar-refractivity contribution is 7.98. The van der Waals surface area contributed by atoms with E-state index in [4.69, 9.17) is 9.78 Å². The molecular weight excluding hydrogens is 216 g/mol. The second-order valence-electron chi connectivity index (χ2n) is 2.52. The molecule has 1 aromatic rings. The Morgan fingerprint density at radius 3 is 3.20 bits per heavy atom. The van der Waals surface area contributed by atoms with Gasteiger partial charge in [0.05, 0.1) is 17.6 Å². The van der Waals surface area contributed by atoms with E-state index in [1.807, 2.05) is 13.0 Å². The first-order valence-corrected chi connectivity index (χ1v) is 5.49. The quantitative estimate of drug-likeness (QED) is 0.738. The van der Waals surface area contributed by atoms with E-state index in [-0.39, 0.29) is 11.7 Å². The van der Waals surface area contributed by atoms with Crippen LogP contribution in [0, 0.1) is 11.3 Å². The maximum absolute atomic E-state index is 11.2. The van der Waals surface area contributed by atoms with Crippen molar-refractivity contribution in [2.75, 3.05) is 12.3 Å². The van der Waals surface area contributed by atoms with Crippen LogP contribution < -0.4 is 5.32 Å². The lowest BCUT2D eigenvalue weighted by atomic mass is 10.5. The van der Waals surface area contributed by atoms with Crippen molar-refractivity contribution in [3.05, 3.63) is 11.7 Å². The largest absolute Gasteiger partial charge is 0.349 e. The lowest BCUT2D eigenvalue weighted by Gasteiger charge is -1.93. The summed E-state index contributed by atoms with van der Waals surface area (Å²) < 4.78 is 4.83. The Hall–Kier alpha value is -1.55. The standard InChI is InChI=1S/C8H10N4O2S/c1-2-10-8(13)7-11-6(14-12-7)5-15-4-3-9/h2,4-5H2,1H3,(H,10,13). The van der Waals surface area contributed by atoms with Crippen LogP contribution in [-0.2, 0) is 5.75 Å². The van der Waals surface area contributed by atoms with Crippen LogP contribution in [0.4, 0.5) is 0 Å². The molecule has 0 unspecified atom stereocenters. The van der Waals surface area contributed by atoms with E-state index < -0.39 is 0 Å². The average molecular weight is 226 g/mol. The Bertz CT molecular complexity index is 371. The molecule has 1 N–H and O–H groups in total. The smallest absolute Gasteiger partial charge is 0.292 e. The number of carbonyl (C=O) groups is 1. The van der Waals surface area contributed by atoms with Gasteiger partial charge in [-0.25, -0.2) is 0 Å². The van der Waals surface area contributed by atoms with Crippen LogP contribution in [0.2, 0.25) is 0 Å². The zero-order chi connectivity index (χ0) is 11.1. The van der Waals surface area contributed by atoms with Crippen LogP contribution >= 0.6 is 11.8 Å². The van der Waals surface area contributed by atoms with Crippen molar-refractivity contribution < 1.29 is 9.32 Å². The lowest BCUT2D eigenvalue weighted by molar-refractivity contribution is 0.0942. The molecular formula is C8H10N4O2S. The topological polar surface area (TPSA) is 91.8 Å². The number of aromatic nitrogens is 2. The molecule has 0 aliphatic rings. The Morgan fingerprint density at radius 1 is 1.73 bits per heavy atom. The van der Waals surface area contributed by atoms with Gasteiger partial charge in [-0.15, -0.1) is 11.8 Å². The van der Waals surface area contributed by atoms with Crippen LogP contribution in [0.15, 0.2) is 4.52 Å². The number of hydrogen-bond donors (Lipinski definition) is 1. The summed E-state index contributed by atoms with van der Waals surface area (Å²) in [6.07, 6.45) is 0. The van der Waals surface area contributed by atoms with Gasteiger partial charge < -0.3 is 9.84 Å². The predicted molar refractivity (Wildman–Crippen MR) is 54.1 cm³/mol. The van der Waals surface area contributed by atoms with Gasteiger partial charge >= 0.3 is 0 Å². The molecule has 0 aliphatic heterocycles. The van der Waals surface area contributed by atoms with E-state index in [0.717, 1.165) is 0 Å². The lowest BCUT2D eigenvalue weighted by Crippen LogP contribution is -2.23. The molecule has 1 rings (SSSR count). The van der Waals surface area contributed by atoms with Gasteiger partial charge in [0.2, 0.25) is 5.89 Å². The van der Waals surface area contributed by atoms with E-state index in [0.29, 0.717) is 23.9 Å². The molecule has 0 bridgehead atoms. The maximum Gasteiger partial charge on any atom is 0.292 e. The van der Waals surface area contributed by atoms with Gasteiger partial charge in [-0.05, 0) is 6.92 Å². The minimum Gasteiger partial charge on any atom is -0.349 e. The maximum atomic E-state index is 11.2. The minimum atomic E-state index is -0.349.